The Bertz CT molecular complexity index is 1200. The fraction of sp³-hybridized carbons (Fsp3) is 0.0500. The van der Waals surface area contributed by atoms with E-state index in [2.05, 4.69) is 10.0 Å². The number of anilines is 1. The molecular formula is C20H16ClN3O5S. The Labute approximate surface area is 177 Å². The predicted octanol–water partition coefficient (Wildman–Crippen LogP) is 3.98. The van der Waals surface area contributed by atoms with Crippen LogP contribution in [0.1, 0.15) is 15.9 Å². The van der Waals surface area contributed by atoms with Crippen molar-refractivity contribution in [1.29, 1.82) is 0 Å². The molecule has 0 heterocycles. The van der Waals surface area contributed by atoms with Crippen molar-refractivity contribution in [3.05, 3.63) is 99.1 Å². The highest BCUT2D eigenvalue weighted by atomic mass is 35.5. The van der Waals surface area contributed by atoms with E-state index in [1.165, 1.54) is 12.1 Å². The smallest absolute Gasteiger partial charge is 0.289 e. The van der Waals surface area contributed by atoms with Crippen molar-refractivity contribution in [3.8, 4) is 0 Å². The van der Waals surface area contributed by atoms with Gasteiger partial charge in [0.05, 0.1) is 21.1 Å². The summed E-state index contributed by atoms with van der Waals surface area (Å²) in [6.07, 6.45) is 0. The van der Waals surface area contributed by atoms with Crippen LogP contribution in [0.15, 0.2) is 77.7 Å². The van der Waals surface area contributed by atoms with E-state index in [1.54, 1.807) is 12.1 Å². The SMILES string of the molecule is O=C(NCc1ccccc1)c1ccccc1NS(=O)(=O)c1ccc(Cl)c([N+](=O)[O-])c1. The molecule has 0 saturated carbocycles. The summed E-state index contributed by atoms with van der Waals surface area (Å²) in [5.41, 5.74) is 0.506. The molecule has 3 aromatic carbocycles. The van der Waals surface area contributed by atoms with Gasteiger partial charge in [0.1, 0.15) is 5.02 Å². The van der Waals surface area contributed by atoms with Crippen LogP contribution in [0.4, 0.5) is 11.4 Å². The number of nitro groups is 1. The molecule has 30 heavy (non-hydrogen) atoms. The summed E-state index contributed by atoms with van der Waals surface area (Å²) in [7, 11) is -4.20. The van der Waals surface area contributed by atoms with Gasteiger partial charge in [-0.2, -0.15) is 0 Å². The zero-order valence-electron chi connectivity index (χ0n) is 15.4. The number of hydrogen-bond acceptors (Lipinski definition) is 5. The minimum atomic E-state index is -4.20. The van der Waals surface area contributed by atoms with E-state index < -0.39 is 26.5 Å². The van der Waals surface area contributed by atoms with Crippen molar-refractivity contribution in [2.24, 2.45) is 0 Å². The molecule has 8 nitrogen and oxygen atoms in total. The first-order chi connectivity index (χ1) is 14.3. The quantitative estimate of drug-likeness (QED) is 0.421. The average Bonchev–Trinajstić information content (AvgIpc) is 2.73. The fourth-order valence-corrected chi connectivity index (χ4v) is 3.93. The molecule has 0 fully saturated rings. The number of nitrogens with one attached hydrogen (secondary N) is 2. The highest BCUT2D eigenvalue weighted by molar-refractivity contribution is 7.92. The largest absolute Gasteiger partial charge is 0.348 e. The van der Waals surface area contributed by atoms with E-state index >= 15 is 0 Å². The topological polar surface area (TPSA) is 118 Å². The van der Waals surface area contributed by atoms with Crippen molar-refractivity contribution in [2.75, 3.05) is 4.72 Å². The highest BCUT2D eigenvalue weighted by Gasteiger charge is 2.22. The summed E-state index contributed by atoms with van der Waals surface area (Å²) in [6.45, 7) is 0.268. The first-order valence-corrected chi connectivity index (χ1v) is 10.5. The normalized spacial score (nSPS) is 11.0. The van der Waals surface area contributed by atoms with Gasteiger partial charge < -0.3 is 5.32 Å². The minimum absolute atomic E-state index is 0.0423. The number of halogens is 1. The average molecular weight is 446 g/mol. The van der Waals surface area contributed by atoms with Crippen LogP contribution in [0.5, 0.6) is 0 Å². The number of nitro benzene ring substituents is 1. The number of sulfonamides is 1. The molecule has 0 aliphatic carbocycles. The molecule has 0 bridgehead atoms. The Balaban J connectivity index is 1.84. The molecule has 0 unspecified atom stereocenters. The van der Waals surface area contributed by atoms with Gasteiger partial charge in [0.15, 0.2) is 0 Å². The van der Waals surface area contributed by atoms with Crippen molar-refractivity contribution in [3.63, 3.8) is 0 Å². The van der Waals surface area contributed by atoms with E-state index in [9.17, 15) is 23.3 Å². The maximum absolute atomic E-state index is 12.7. The summed E-state index contributed by atoms with van der Waals surface area (Å²) in [6, 6.07) is 18.5. The van der Waals surface area contributed by atoms with Gasteiger partial charge in [-0.1, -0.05) is 54.1 Å². The first-order valence-electron chi connectivity index (χ1n) is 8.66. The number of carbonyl (C=O) groups excluding carboxylic acids is 1. The molecule has 3 rings (SSSR count). The van der Waals surface area contributed by atoms with Gasteiger partial charge in [-0.05, 0) is 29.8 Å². The predicted molar refractivity (Wildman–Crippen MR) is 113 cm³/mol. The van der Waals surface area contributed by atoms with Crippen LogP contribution in [0.2, 0.25) is 5.02 Å². The summed E-state index contributed by atoms with van der Waals surface area (Å²) in [5, 5.41) is 13.6. The zero-order chi connectivity index (χ0) is 21.7. The number of amides is 1. The van der Waals surface area contributed by atoms with E-state index in [0.717, 1.165) is 23.8 Å². The second kappa shape index (κ2) is 8.93. The third kappa shape index (κ3) is 4.94. The lowest BCUT2D eigenvalue weighted by atomic mass is 10.1. The van der Waals surface area contributed by atoms with E-state index in [-0.39, 0.29) is 27.7 Å². The third-order valence-corrected chi connectivity index (χ3v) is 5.82. The molecule has 1 amide bonds. The molecule has 0 radical (unpaired) electrons. The maximum atomic E-state index is 12.7. The molecular weight excluding hydrogens is 430 g/mol. The van der Waals surface area contributed by atoms with Crippen LogP contribution in [0.3, 0.4) is 0 Å². The zero-order valence-corrected chi connectivity index (χ0v) is 17.0. The van der Waals surface area contributed by atoms with Crippen LogP contribution >= 0.6 is 11.6 Å². The van der Waals surface area contributed by atoms with E-state index in [1.807, 2.05) is 30.3 Å². The van der Waals surface area contributed by atoms with Crippen LogP contribution in [0, 0.1) is 10.1 Å². The van der Waals surface area contributed by atoms with Gasteiger partial charge in [0.25, 0.3) is 21.6 Å². The Morgan fingerprint density at radius 2 is 1.67 bits per heavy atom. The van der Waals surface area contributed by atoms with Gasteiger partial charge in [0.2, 0.25) is 0 Å². The maximum Gasteiger partial charge on any atom is 0.289 e. The molecule has 0 saturated heterocycles. The minimum Gasteiger partial charge on any atom is -0.348 e. The second-order valence-corrected chi connectivity index (χ2v) is 8.28. The number of benzene rings is 3. The van der Waals surface area contributed by atoms with Crippen LogP contribution in [0.25, 0.3) is 0 Å². The Morgan fingerprint density at radius 3 is 2.37 bits per heavy atom. The second-order valence-electron chi connectivity index (χ2n) is 6.19. The van der Waals surface area contributed by atoms with Gasteiger partial charge >= 0.3 is 0 Å². The number of nitrogens with zero attached hydrogens (tertiary/aromatic N) is 1. The fourth-order valence-electron chi connectivity index (χ4n) is 2.65. The van der Waals surface area contributed by atoms with Crippen molar-refractivity contribution in [1.82, 2.24) is 5.32 Å². The van der Waals surface area contributed by atoms with Crippen molar-refractivity contribution < 1.29 is 18.1 Å². The van der Waals surface area contributed by atoms with Crippen molar-refractivity contribution >= 4 is 38.9 Å². The van der Waals surface area contributed by atoms with E-state index in [4.69, 9.17) is 11.6 Å². The Morgan fingerprint density at radius 1 is 1.00 bits per heavy atom. The Kier molecular flexibility index (Phi) is 6.34. The van der Waals surface area contributed by atoms with Gasteiger partial charge in [0, 0.05) is 12.6 Å². The summed E-state index contributed by atoms with van der Waals surface area (Å²) in [5.74, 6) is -0.473. The molecule has 0 aromatic heterocycles. The Hall–Kier alpha value is -3.43. The lowest BCUT2D eigenvalue weighted by Crippen LogP contribution is -2.25. The van der Waals surface area contributed by atoms with E-state index in [0.29, 0.717) is 0 Å². The molecule has 0 atom stereocenters. The summed E-state index contributed by atoms with van der Waals surface area (Å²) >= 11 is 5.74. The van der Waals surface area contributed by atoms with Crippen LogP contribution < -0.4 is 10.0 Å². The molecule has 10 heteroatoms. The summed E-state index contributed by atoms with van der Waals surface area (Å²) in [4.78, 5) is 22.5. The number of para-hydroxylation sites is 1. The van der Waals surface area contributed by atoms with Gasteiger partial charge in [-0.25, -0.2) is 8.42 Å². The molecule has 3 aromatic rings. The third-order valence-electron chi connectivity index (χ3n) is 4.14. The molecule has 154 valence electrons. The first kappa shape index (κ1) is 21.3. The van der Waals surface area contributed by atoms with Crippen LogP contribution in [-0.2, 0) is 16.6 Å². The number of rotatable bonds is 7. The highest BCUT2D eigenvalue weighted by Crippen LogP contribution is 2.28. The molecule has 0 aliphatic heterocycles. The molecule has 2 N–H and O–H groups in total. The van der Waals surface area contributed by atoms with Gasteiger partial charge in [-0.15, -0.1) is 0 Å². The van der Waals surface area contributed by atoms with Crippen LogP contribution in [-0.4, -0.2) is 19.2 Å². The molecule has 0 aliphatic rings. The standard InChI is InChI=1S/C20H16ClN3O5S/c21-17-11-10-15(12-19(17)24(26)27)30(28,29)23-18-9-5-4-8-16(18)20(25)22-13-14-6-2-1-3-7-14/h1-12,23H,13H2,(H,22,25). The summed E-state index contributed by atoms with van der Waals surface area (Å²) < 4.78 is 27.8. The molecule has 0 spiro atoms. The van der Waals surface area contributed by atoms with Crippen molar-refractivity contribution in [2.45, 2.75) is 11.4 Å². The lowest BCUT2D eigenvalue weighted by Gasteiger charge is -2.13. The van der Waals surface area contributed by atoms with Gasteiger partial charge in [-0.3, -0.25) is 19.6 Å². The lowest BCUT2D eigenvalue weighted by molar-refractivity contribution is -0.384. The monoisotopic (exact) mass is 445 g/mol. The number of hydrogen-bond donors (Lipinski definition) is 2. The number of carbonyl (C=O) groups is 1.